The van der Waals surface area contributed by atoms with Crippen molar-refractivity contribution >= 4 is 48.0 Å². The molecule has 1 aromatic rings. The van der Waals surface area contributed by atoms with Crippen molar-refractivity contribution < 1.29 is 9.59 Å². The Bertz CT molecular complexity index is 542. The van der Waals surface area contributed by atoms with Crippen LogP contribution in [0.1, 0.15) is 43.3 Å². The van der Waals surface area contributed by atoms with Gasteiger partial charge in [0.25, 0.3) is 0 Å². The van der Waals surface area contributed by atoms with Crippen LogP contribution in [0.4, 0.5) is 0 Å². The quantitative estimate of drug-likeness (QED) is 0.718. The molecule has 2 amide bonds. The summed E-state index contributed by atoms with van der Waals surface area (Å²) in [6, 6.07) is 0.0854. The van der Waals surface area contributed by atoms with Gasteiger partial charge in [-0.1, -0.05) is 6.92 Å². The second-order valence-electron chi connectivity index (χ2n) is 5.84. The predicted octanol–water partition coefficient (Wildman–Crippen LogP) is 1.94. The van der Waals surface area contributed by atoms with Crippen molar-refractivity contribution in [2.75, 3.05) is 19.6 Å². The number of hydrogen-bond acceptors (Lipinski definition) is 5. The van der Waals surface area contributed by atoms with Crippen molar-refractivity contribution in [1.82, 2.24) is 15.2 Å². The molecule has 3 N–H and O–H groups in total. The van der Waals surface area contributed by atoms with Gasteiger partial charge in [-0.2, -0.15) is 0 Å². The van der Waals surface area contributed by atoms with Crippen LogP contribution >= 0.6 is 36.2 Å². The summed E-state index contributed by atoms with van der Waals surface area (Å²) < 4.78 is 0. The number of hydrogen-bond donors (Lipinski definition) is 2. The van der Waals surface area contributed by atoms with Crippen LogP contribution in [0.3, 0.4) is 0 Å². The average molecular weight is 411 g/mol. The molecule has 25 heavy (non-hydrogen) atoms. The summed E-state index contributed by atoms with van der Waals surface area (Å²) in [7, 11) is 0. The van der Waals surface area contributed by atoms with Crippen molar-refractivity contribution in [1.29, 1.82) is 0 Å². The summed E-state index contributed by atoms with van der Waals surface area (Å²) >= 11 is 1.61. The number of aryl methyl sites for hydroxylation is 1. The van der Waals surface area contributed by atoms with Gasteiger partial charge in [0.05, 0.1) is 17.1 Å². The molecule has 6 nitrogen and oxygen atoms in total. The summed E-state index contributed by atoms with van der Waals surface area (Å²) in [5.74, 6) is 0.0632. The molecule has 0 aliphatic carbocycles. The standard InChI is InChI=1S/C16H26N4O2S.2ClH/c1-2-15-19-12(11-23-15)9-16(22)20-8-4-3-5-13(20)10-18-14(21)6-7-17;;/h11,13H,2-10,17H2,1H3,(H,18,21);2*1H. The van der Waals surface area contributed by atoms with Gasteiger partial charge in [-0.25, -0.2) is 4.98 Å². The fourth-order valence-electron chi connectivity index (χ4n) is 2.84. The van der Waals surface area contributed by atoms with Gasteiger partial charge in [0, 0.05) is 37.5 Å². The van der Waals surface area contributed by atoms with Crippen LogP contribution in [0.5, 0.6) is 0 Å². The minimum Gasteiger partial charge on any atom is -0.354 e. The molecule has 0 saturated carbocycles. The fourth-order valence-corrected chi connectivity index (χ4v) is 3.59. The summed E-state index contributed by atoms with van der Waals surface area (Å²) in [5.41, 5.74) is 6.24. The Morgan fingerprint density at radius 3 is 2.80 bits per heavy atom. The molecule has 1 atom stereocenters. The molecule has 2 rings (SSSR count). The van der Waals surface area contributed by atoms with Crippen molar-refractivity contribution in [3.05, 3.63) is 16.1 Å². The largest absolute Gasteiger partial charge is 0.354 e. The lowest BCUT2D eigenvalue weighted by atomic mass is 10.0. The molecule has 1 saturated heterocycles. The third-order valence-corrected chi connectivity index (χ3v) is 5.13. The number of piperidine rings is 1. The van der Waals surface area contributed by atoms with E-state index >= 15 is 0 Å². The normalized spacial score (nSPS) is 16.6. The Morgan fingerprint density at radius 2 is 2.16 bits per heavy atom. The maximum absolute atomic E-state index is 12.6. The minimum absolute atomic E-state index is 0. The summed E-state index contributed by atoms with van der Waals surface area (Å²) in [5, 5.41) is 5.93. The molecule has 9 heteroatoms. The highest BCUT2D eigenvalue weighted by atomic mass is 35.5. The number of aromatic nitrogens is 1. The van der Waals surface area contributed by atoms with Crippen molar-refractivity contribution in [3.63, 3.8) is 0 Å². The Balaban J connectivity index is 0.00000288. The number of thiazole rings is 1. The van der Waals surface area contributed by atoms with E-state index in [0.29, 0.717) is 25.9 Å². The lowest BCUT2D eigenvalue weighted by Gasteiger charge is -2.36. The maximum atomic E-state index is 12.6. The molecule has 1 fully saturated rings. The number of carbonyl (C=O) groups is 2. The SMILES string of the molecule is CCc1nc(CC(=O)N2CCCCC2CNC(=O)CCN)cs1.Cl.Cl. The zero-order valence-corrected chi connectivity index (χ0v) is 17.0. The van der Waals surface area contributed by atoms with Gasteiger partial charge in [-0.15, -0.1) is 36.2 Å². The topological polar surface area (TPSA) is 88.3 Å². The molecule has 0 spiro atoms. The van der Waals surface area contributed by atoms with Crippen LogP contribution in [0.15, 0.2) is 5.38 Å². The van der Waals surface area contributed by atoms with E-state index in [1.165, 1.54) is 0 Å². The number of carbonyl (C=O) groups excluding carboxylic acids is 2. The van der Waals surface area contributed by atoms with Crippen LogP contribution < -0.4 is 11.1 Å². The van der Waals surface area contributed by atoms with Crippen LogP contribution in [-0.2, 0) is 22.4 Å². The second kappa shape index (κ2) is 12.5. The molecule has 1 aliphatic rings. The molecule has 144 valence electrons. The third kappa shape index (κ3) is 7.48. The zero-order valence-electron chi connectivity index (χ0n) is 14.5. The number of likely N-dealkylation sites (tertiary alicyclic amines) is 1. The van der Waals surface area contributed by atoms with Crippen LogP contribution in [0, 0.1) is 0 Å². The molecule has 0 radical (unpaired) electrons. The summed E-state index contributed by atoms with van der Waals surface area (Å²) in [6.07, 6.45) is 4.64. The van der Waals surface area contributed by atoms with Crippen molar-refractivity contribution in [3.8, 4) is 0 Å². The van der Waals surface area contributed by atoms with Gasteiger partial charge in [-0.05, 0) is 25.7 Å². The van der Waals surface area contributed by atoms with E-state index in [4.69, 9.17) is 5.73 Å². The molecule has 1 aromatic heterocycles. The van der Waals surface area contributed by atoms with E-state index in [1.807, 2.05) is 10.3 Å². The highest BCUT2D eigenvalue weighted by molar-refractivity contribution is 7.09. The first kappa shape index (κ1) is 24.1. The van der Waals surface area contributed by atoms with E-state index in [9.17, 15) is 9.59 Å². The highest BCUT2D eigenvalue weighted by Gasteiger charge is 2.27. The van der Waals surface area contributed by atoms with E-state index in [2.05, 4.69) is 17.2 Å². The Labute approximate surface area is 165 Å². The Morgan fingerprint density at radius 1 is 1.40 bits per heavy atom. The number of halogens is 2. The molecule has 0 aromatic carbocycles. The highest BCUT2D eigenvalue weighted by Crippen LogP contribution is 2.19. The number of amides is 2. The monoisotopic (exact) mass is 410 g/mol. The first-order chi connectivity index (χ1) is 11.1. The van der Waals surface area contributed by atoms with Gasteiger partial charge in [0.1, 0.15) is 0 Å². The zero-order chi connectivity index (χ0) is 16.7. The number of nitrogens with zero attached hydrogens (tertiary/aromatic N) is 2. The summed E-state index contributed by atoms with van der Waals surface area (Å²) in [6.45, 7) is 3.70. The van der Waals surface area contributed by atoms with Gasteiger partial charge >= 0.3 is 0 Å². The first-order valence-corrected chi connectivity index (χ1v) is 9.21. The fraction of sp³-hybridized carbons (Fsp3) is 0.688. The predicted molar refractivity (Wildman–Crippen MR) is 106 cm³/mol. The Kier molecular flexibility index (Phi) is 12.0. The second-order valence-corrected chi connectivity index (χ2v) is 6.79. The third-order valence-electron chi connectivity index (χ3n) is 4.09. The maximum Gasteiger partial charge on any atom is 0.228 e. The molecule has 0 bridgehead atoms. The molecular formula is C16H28Cl2N4O2S. The van der Waals surface area contributed by atoms with Gasteiger partial charge in [0.15, 0.2) is 0 Å². The number of nitrogens with one attached hydrogen (secondary N) is 1. The number of nitrogens with two attached hydrogens (primary N) is 1. The van der Waals surface area contributed by atoms with Crippen LogP contribution in [0.2, 0.25) is 0 Å². The van der Waals surface area contributed by atoms with Crippen molar-refractivity contribution in [2.45, 2.75) is 51.5 Å². The first-order valence-electron chi connectivity index (χ1n) is 8.33. The molecule has 2 heterocycles. The van der Waals surface area contributed by atoms with E-state index in [1.54, 1.807) is 11.3 Å². The molecule has 1 aliphatic heterocycles. The van der Waals surface area contributed by atoms with Gasteiger partial charge in [0.2, 0.25) is 11.8 Å². The van der Waals surface area contributed by atoms with Crippen molar-refractivity contribution in [2.24, 2.45) is 5.73 Å². The van der Waals surface area contributed by atoms with Crippen LogP contribution in [-0.4, -0.2) is 47.4 Å². The van der Waals surface area contributed by atoms with Gasteiger partial charge < -0.3 is 16.0 Å². The molecule has 1 unspecified atom stereocenters. The van der Waals surface area contributed by atoms with Crippen LogP contribution in [0.25, 0.3) is 0 Å². The average Bonchev–Trinajstić information content (AvgIpc) is 3.01. The van der Waals surface area contributed by atoms with Gasteiger partial charge in [-0.3, -0.25) is 9.59 Å². The minimum atomic E-state index is -0.0439. The van der Waals surface area contributed by atoms with E-state index in [0.717, 1.165) is 42.9 Å². The Hall–Kier alpha value is -0.890. The van der Waals surface area contributed by atoms with E-state index < -0.39 is 0 Å². The lowest BCUT2D eigenvalue weighted by molar-refractivity contribution is -0.134. The smallest absolute Gasteiger partial charge is 0.228 e. The lowest BCUT2D eigenvalue weighted by Crippen LogP contribution is -2.50. The summed E-state index contributed by atoms with van der Waals surface area (Å²) in [4.78, 5) is 30.6. The number of rotatable bonds is 7. The van der Waals surface area contributed by atoms with E-state index in [-0.39, 0.29) is 42.7 Å². The molecular weight excluding hydrogens is 383 g/mol.